The second-order valence-corrected chi connectivity index (χ2v) is 9.78. The molecule has 0 radical (unpaired) electrons. The van der Waals surface area contributed by atoms with E-state index in [0.717, 1.165) is 27.6 Å². The summed E-state index contributed by atoms with van der Waals surface area (Å²) in [5.41, 5.74) is 2.87. The molecule has 0 saturated carbocycles. The second-order valence-electron chi connectivity index (χ2n) is 8.62. The summed E-state index contributed by atoms with van der Waals surface area (Å²) < 4.78 is 7.55. The van der Waals surface area contributed by atoms with E-state index in [2.05, 4.69) is 11.1 Å². The summed E-state index contributed by atoms with van der Waals surface area (Å²) in [6, 6.07) is 13.8. The molecule has 158 valence electrons. The van der Waals surface area contributed by atoms with Crippen molar-refractivity contribution in [3.63, 3.8) is 0 Å². The Balaban J connectivity index is 2.01. The first-order valence-corrected chi connectivity index (χ1v) is 11.1. The smallest absolute Gasteiger partial charge is 0.419 e. The number of halogens is 1. The third-order valence-electron chi connectivity index (χ3n) is 5.00. The van der Waals surface area contributed by atoms with E-state index < -0.39 is 11.7 Å². The van der Waals surface area contributed by atoms with Crippen LogP contribution in [-0.2, 0) is 11.2 Å². The Morgan fingerprint density at radius 1 is 1.10 bits per heavy atom. The summed E-state index contributed by atoms with van der Waals surface area (Å²) in [5.74, 6) is 0. The van der Waals surface area contributed by atoms with Crippen LogP contribution in [-0.4, -0.2) is 21.2 Å². The van der Waals surface area contributed by atoms with Crippen molar-refractivity contribution in [3.05, 3.63) is 85.5 Å². The first-order valence-electron chi connectivity index (χ1n) is 10.0. The summed E-state index contributed by atoms with van der Waals surface area (Å²) in [4.78, 5) is 30.5. The molecule has 0 bridgehead atoms. The summed E-state index contributed by atoms with van der Waals surface area (Å²) in [6.45, 7) is 7.43. The lowest BCUT2D eigenvalue weighted by molar-refractivity contribution is 0.0543. The van der Waals surface area contributed by atoms with Crippen LogP contribution in [0.15, 0.2) is 59.7 Å². The van der Waals surface area contributed by atoms with E-state index in [-0.39, 0.29) is 5.43 Å². The number of fused-ring (bicyclic) bond motifs is 3. The number of benzene rings is 2. The number of aromatic nitrogens is 2. The minimum absolute atomic E-state index is 0.0931. The lowest BCUT2D eigenvalue weighted by Crippen LogP contribution is -2.28. The molecule has 5 nitrogen and oxygen atoms in total. The van der Waals surface area contributed by atoms with E-state index in [0.29, 0.717) is 20.9 Å². The Morgan fingerprint density at radius 3 is 2.45 bits per heavy atom. The quantitative estimate of drug-likeness (QED) is 0.243. The highest BCUT2D eigenvalue weighted by atomic mass is 127. The van der Waals surface area contributed by atoms with Gasteiger partial charge < -0.3 is 4.74 Å². The Labute approximate surface area is 194 Å². The predicted octanol–water partition coefficient (Wildman–Crippen LogP) is 5.84. The van der Waals surface area contributed by atoms with Crippen LogP contribution < -0.4 is 5.43 Å². The van der Waals surface area contributed by atoms with Crippen LogP contribution in [0, 0.1) is 10.5 Å². The van der Waals surface area contributed by atoms with Gasteiger partial charge in [0.1, 0.15) is 5.60 Å². The fourth-order valence-corrected chi connectivity index (χ4v) is 4.23. The molecule has 31 heavy (non-hydrogen) atoms. The molecule has 6 heteroatoms. The zero-order valence-corrected chi connectivity index (χ0v) is 20.1. The third-order valence-corrected chi connectivity index (χ3v) is 5.77. The van der Waals surface area contributed by atoms with Crippen molar-refractivity contribution in [1.29, 1.82) is 0 Å². The van der Waals surface area contributed by atoms with Crippen LogP contribution in [0.25, 0.3) is 21.7 Å². The van der Waals surface area contributed by atoms with Gasteiger partial charge in [0.25, 0.3) is 0 Å². The standard InChI is InChI=1S/C25H23IN2O3/c1-15-9-10-16(13-27-15)11-17-12-20-22(19-8-6-5-7-18(17)19)28(14-21(26)23(20)29)24(30)31-25(2,3)4/h5-10,12-14H,11H2,1-4H3. The van der Waals surface area contributed by atoms with E-state index in [4.69, 9.17) is 4.74 Å². The Morgan fingerprint density at radius 2 is 1.81 bits per heavy atom. The number of ether oxygens (including phenoxy) is 1. The molecule has 0 atom stereocenters. The lowest BCUT2D eigenvalue weighted by atomic mass is 9.96. The number of carbonyl (C=O) groups excluding carboxylic acids is 1. The van der Waals surface area contributed by atoms with E-state index in [1.165, 1.54) is 4.57 Å². The minimum Gasteiger partial charge on any atom is -0.443 e. The fourth-order valence-electron chi connectivity index (χ4n) is 3.66. The number of rotatable bonds is 2. The fraction of sp³-hybridized carbons (Fsp3) is 0.240. The zero-order chi connectivity index (χ0) is 22.3. The molecule has 0 fully saturated rings. The molecule has 0 N–H and O–H groups in total. The maximum Gasteiger partial charge on any atom is 0.419 e. The maximum absolute atomic E-state index is 13.1. The first kappa shape index (κ1) is 21.5. The van der Waals surface area contributed by atoms with Crippen molar-refractivity contribution >= 4 is 50.4 Å². The molecule has 2 aromatic heterocycles. The maximum atomic E-state index is 13.1. The molecule has 0 aliphatic rings. The lowest BCUT2D eigenvalue weighted by Gasteiger charge is -2.22. The summed E-state index contributed by atoms with van der Waals surface area (Å²) in [5, 5.41) is 2.34. The Bertz CT molecular complexity index is 1370. The second kappa shape index (κ2) is 8.07. The molecule has 2 heterocycles. The van der Waals surface area contributed by atoms with E-state index in [1.54, 1.807) is 6.20 Å². The van der Waals surface area contributed by atoms with Crippen LogP contribution in [0.4, 0.5) is 4.79 Å². The zero-order valence-electron chi connectivity index (χ0n) is 17.9. The van der Waals surface area contributed by atoms with Crippen molar-refractivity contribution < 1.29 is 9.53 Å². The van der Waals surface area contributed by atoms with Gasteiger partial charge in [-0.1, -0.05) is 30.3 Å². The summed E-state index contributed by atoms with van der Waals surface area (Å²) >= 11 is 1.98. The normalized spacial score (nSPS) is 11.8. The largest absolute Gasteiger partial charge is 0.443 e. The van der Waals surface area contributed by atoms with Gasteiger partial charge in [0, 0.05) is 28.9 Å². The molecule has 0 spiro atoms. The number of nitrogens with zero attached hydrogens (tertiary/aromatic N) is 2. The number of carbonyl (C=O) groups is 1. The predicted molar refractivity (Wildman–Crippen MR) is 132 cm³/mol. The van der Waals surface area contributed by atoms with Gasteiger partial charge in [0.15, 0.2) is 0 Å². The molecule has 0 amide bonds. The molecule has 0 aliphatic heterocycles. The average Bonchev–Trinajstić information content (AvgIpc) is 2.71. The third kappa shape index (κ3) is 4.35. The highest BCUT2D eigenvalue weighted by Gasteiger charge is 2.22. The van der Waals surface area contributed by atoms with E-state index in [1.807, 2.05) is 92.9 Å². The average molecular weight is 526 g/mol. The van der Waals surface area contributed by atoms with Gasteiger partial charge in [0.2, 0.25) is 5.43 Å². The molecule has 0 unspecified atom stereocenters. The Kier molecular flexibility index (Phi) is 5.60. The van der Waals surface area contributed by atoms with E-state index in [9.17, 15) is 9.59 Å². The van der Waals surface area contributed by atoms with Crippen molar-refractivity contribution in [2.24, 2.45) is 0 Å². The topological polar surface area (TPSA) is 61.2 Å². The van der Waals surface area contributed by atoms with Crippen LogP contribution in [0.2, 0.25) is 0 Å². The molecular formula is C25H23IN2O3. The molecule has 0 aliphatic carbocycles. The molecule has 2 aromatic carbocycles. The first-order chi connectivity index (χ1) is 14.6. The van der Waals surface area contributed by atoms with Crippen LogP contribution >= 0.6 is 22.6 Å². The highest BCUT2D eigenvalue weighted by molar-refractivity contribution is 14.1. The van der Waals surface area contributed by atoms with Gasteiger partial charge in [-0.3, -0.25) is 14.3 Å². The van der Waals surface area contributed by atoms with Crippen molar-refractivity contribution in [3.8, 4) is 0 Å². The van der Waals surface area contributed by atoms with Crippen LogP contribution in [0.3, 0.4) is 0 Å². The molecule has 0 saturated heterocycles. The number of hydrogen-bond donors (Lipinski definition) is 0. The van der Waals surface area contributed by atoms with Crippen molar-refractivity contribution in [1.82, 2.24) is 9.55 Å². The summed E-state index contributed by atoms with van der Waals surface area (Å²) in [6.07, 6.45) is 3.56. The highest BCUT2D eigenvalue weighted by Crippen LogP contribution is 2.30. The summed E-state index contributed by atoms with van der Waals surface area (Å²) in [7, 11) is 0. The number of hydrogen-bond acceptors (Lipinski definition) is 4. The van der Waals surface area contributed by atoms with Crippen LogP contribution in [0.5, 0.6) is 0 Å². The van der Waals surface area contributed by atoms with Gasteiger partial charge in [-0.15, -0.1) is 0 Å². The SMILES string of the molecule is Cc1ccc(Cc2cc3c(=O)c(I)cn(C(=O)OC(C)(C)C)c3c3ccccc23)cn1. The van der Waals surface area contributed by atoms with Gasteiger partial charge in [-0.25, -0.2) is 4.79 Å². The Hall–Kier alpha value is -2.74. The molecule has 4 aromatic rings. The number of pyridine rings is 2. The number of aryl methyl sites for hydroxylation is 1. The molecular weight excluding hydrogens is 503 g/mol. The monoisotopic (exact) mass is 526 g/mol. The van der Waals surface area contributed by atoms with Crippen molar-refractivity contribution in [2.45, 2.75) is 39.7 Å². The van der Waals surface area contributed by atoms with Crippen LogP contribution in [0.1, 0.15) is 37.6 Å². The van der Waals surface area contributed by atoms with Crippen molar-refractivity contribution in [2.75, 3.05) is 0 Å². The van der Waals surface area contributed by atoms with Gasteiger partial charge in [-0.05, 0) is 85.4 Å². The van der Waals surface area contributed by atoms with E-state index >= 15 is 0 Å². The minimum atomic E-state index is -0.647. The van der Waals surface area contributed by atoms with Gasteiger partial charge in [-0.2, -0.15) is 0 Å². The van der Waals surface area contributed by atoms with Gasteiger partial charge >= 0.3 is 6.09 Å². The molecule has 4 rings (SSSR count). The van der Waals surface area contributed by atoms with Gasteiger partial charge in [0.05, 0.1) is 9.09 Å².